The van der Waals surface area contributed by atoms with E-state index in [2.05, 4.69) is 0 Å². The third-order valence-electron chi connectivity index (χ3n) is 5.49. The van der Waals surface area contributed by atoms with Crippen LogP contribution in [0, 0.1) is 5.82 Å². The predicted octanol–water partition coefficient (Wildman–Crippen LogP) is 3.81. The number of carboxylic acids is 1. The van der Waals surface area contributed by atoms with E-state index in [0.717, 1.165) is 28.3 Å². The molecule has 0 bridgehead atoms. The van der Waals surface area contributed by atoms with Crippen LogP contribution in [0.4, 0.5) is 4.39 Å². The zero-order chi connectivity index (χ0) is 21.3. The van der Waals surface area contributed by atoms with Gasteiger partial charge in [-0.2, -0.15) is 0 Å². The second kappa shape index (κ2) is 7.72. The molecule has 0 fully saturated rings. The summed E-state index contributed by atoms with van der Waals surface area (Å²) in [4.78, 5) is 24.3. The first-order valence-corrected chi connectivity index (χ1v) is 9.53. The van der Waals surface area contributed by atoms with Gasteiger partial charge in [-0.1, -0.05) is 66.7 Å². The van der Waals surface area contributed by atoms with Crippen molar-refractivity contribution in [1.82, 2.24) is 0 Å². The highest BCUT2D eigenvalue weighted by Gasteiger charge is 2.43. The molecule has 0 heterocycles. The lowest BCUT2D eigenvalue weighted by Crippen LogP contribution is -2.48. The summed E-state index contributed by atoms with van der Waals surface area (Å²) in [7, 11) is 0. The molecule has 0 amide bonds. The molecule has 3 aromatic carbocycles. The van der Waals surface area contributed by atoms with E-state index < -0.39 is 29.7 Å². The summed E-state index contributed by atoms with van der Waals surface area (Å²) in [5, 5.41) is 9.28. The predicted molar refractivity (Wildman–Crippen MR) is 109 cm³/mol. The number of hydrogen-bond acceptors (Lipinski definition) is 4. The Labute approximate surface area is 172 Å². The molecule has 0 aromatic heterocycles. The van der Waals surface area contributed by atoms with Gasteiger partial charge in [-0.25, -0.2) is 9.18 Å². The Bertz CT molecular complexity index is 1080. The van der Waals surface area contributed by atoms with Gasteiger partial charge in [0.25, 0.3) is 0 Å². The van der Waals surface area contributed by atoms with Gasteiger partial charge in [0.05, 0.1) is 6.42 Å². The number of hydrogen-bond donors (Lipinski definition) is 2. The Hall–Kier alpha value is -3.51. The second-order valence-electron chi connectivity index (χ2n) is 7.35. The molecule has 152 valence electrons. The molecule has 5 nitrogen and oxygen atoms in total. The number of halogens is 1. The molecule has 0 saturated heterocycles. The monoisotopic (exact) mass is 405 g/mol. The number of nitrogens with two attached hydrogens (primary N) is 1. The molecule has 6 heteroatoms. The van der Waals surface area contributed by atoms with Gasteiger partial charge < -0.3 is 15.6 Å². The molecule has 0 aliphatic heterocycles. The highest BCUT2D eigenvalue weighted by Crippen LogP contribution is 2.44. The highest BCUT2D eigenvalue weighted by molar-refractivity contribution is 5.88. The second-order valence-corrected chi connectivity index (χ2v) is 7.35. The van der Waals surface area contributed by atoms with Gasteiger partial charge in [0, 0.05) is 11.5 Å². The van der Waals surface area contributed by atoms with E-state index >= 15 is 0 Å². The van der Waals surface area contributed by atoms with Crippen LogP contribution in [0.5, 0.6) is 0 Å². The maximum absolute atomic E-state index is 14.4. The molecule has 3 aromatic rings. The van der Waals surface area contributed by atoms with Gasteiger partial charge in [0.2, 0.25) is 0 Å². The van der Waals surface area contributed by atoms with E-state index in [0.29, 0.717) is 0 Å². The minimum Gasteiger partial charge on any atom is -0.481 e. The normalized spacial score (nSPS) is 14.5. The lowest BCUT2D eigenvalue weighted by atomic mass is 9.87. The zero-order valence-electron chi connectivity index (χ0n) is 16.0. The van der Waals surface area contributed by atoms with E-state index in [1.807, 2.05) is 48.5 Å². The molecule has 1 atom stereocenters. The van der Waals surface area contributed by atoms with Gasteiger partial charge in [0.15, 0.2) is 5.54 Å². The molecule has 0 saturated carbocycles. The van der Waals surface area contributed by atoms with Crippen molar-refractivity contribution in [1.29, 1.82) is 0 Å². The van der Waals surface area contributed by atoms with Crippen molar-refractivity contribution in [3.63, 3.8) is 0 Å². The lowest BCUT2D eigenvalue weighted by molar-refractivity contribution is -0.155. The number of ether oxygens (including phenoxy) is 1. The molecule has 4 rings (SSSR count). The molecule has 0 radical (unpaired) electrons. The maximum Gasteiger partial charge on any atom is 0.331 e. The van der Waals surface area contributed by atoms with Gasteiger partial charge in [-0.05, 0) is 28.3 Å². The molecular formula is C24H20FNO4. The number of aliphatic carboxylic acids is 1. The van der Waals surface area contributed by atoms with Crippen LogP contribution in [-0.4, -0.2) is 23.7 Å². The van der Waals surface area contributed by atoms with E-state index in [1.54, 1.807) is 0 Å². The number of fused-ring (bicyclic) bond motifs is 3. The van der Waals surface area contributed by atoms with Crippen LogP contribution in [0.1, 0.15) is 29.0 Å². The van der Waals surface area contributed by atoms with Crippen molar-refractivity contribution < 1.29 is 23.8 Å². The number of esters is 1. The van der Waals surface area contributed by atoms with Crippen LogP contribution in [0.2, 0.25) is 0 Å². The average Bonchev–Trinajstić information content (AvgIpc) is 3.05. The van der Waals surface area contributed by atoms with Gasteiger partial charge in [-0.3, -0.25) is 4.79 Å². The fourth-order valence-electron chi connectivity index (χ4n) is 4.07. The molecule has 1 aliphatic rings. The molecular weight excluding hydrogens is 385 g/mol. The number of rotatable bonds is 6. The minimum absolute atomic E-state index is 0.0279. The number of carboxylic acid groups (broad SMARTS) is 1. The van der Waals surface area contributed by atoms with Crippen molar-refractivity contribution >= 4 is 11.9 Å². The van der Waals surface area contributed by atoms with Crippen LogP contribution in [0.3, 0.4) is 0 Å². The Kier molecular flexibility index (Phi) is 5.10. The molecule has 3 N–H and O–H groups in total. The highest BCUT2D eigenvalue weighted by atomic mass is 19.1. The first-order valence-electron chi connectivity index (χ1n) is 9.53. The molecule has 1 aliphatic carbocycles. The Morgan fingerprint density at radius 2 is 1.47 bits per heavy atom. The van der Waals surface area contributed by atoms with Crippen LogP contribution < -0.4 is 5.73 Å². The van der Waals surface area contributed by atoms with Gasteiger partial charge in [0.1, 0.15) is 12.4 Å². The summed E-state index contributed by atoms with van der Waals surface area (Å²) in [6.07, 6.45) is -0.787. The first-order chi connectivity index (χ1) is 14.4. The molecule has 30 heavy (non-hydrogen) atoms. The van der Waals surface area contributed by atoms with Crippen molar-refractivity contribution in [2.45, 2.75) is 17.9 Å². The van der Waals surface area contributed by atoms with Crippen LogP contribution in [0.25, 0.3) is 11.1 Å². The van der Waals surface area contributed by atoms with Crippen LogP contribution in [0.15, 0.2) is 72.8 Å². The Morgan fingerprint density at radius 3 is 2.03 bits per heavy atom. The average molecular weight is 405 g/mol. The van der Waals surface area contributed by atoms with E-state index in [9.17, 15) is 19.1 Å². The first kappa shape index (κ1) is 19.8. The lowest BCUT2D eigenvalue weighted by Gasteiger charge is -2.27. The van der Waals surface area contributed by atoms with Crippen molar-refractivity contribution in [3.8, 4) is 11.1 Å². The Balaban J connectivity index is 1.63. The maximum atomic E-state index is 14.4. The quantitative estimate of drug-likeness (QED) is 0.609. The summed E-state index contributed by atoms with van der Waals surface area (Å²) in [5.74, 6) is -3.27. The zero-order valence-corrected chi connectivity index (χ0v) is 16.0. The standard InChI is InChI=1S/C24H20FNO4/c25-21-12-6-5-11-20(21)24(26,13-22(27)28)23(29)30-14-19-17-9-3-1-7-15(17)16-8-2-4-10-18(16)19/h1-12,19H,13-14,26H2,(H,27,28)/t24-/m1/s1. The minimum atomic E-state index is -2.13. The number of carbonyl (C=O) groups excluding carboxylic acids is 1. The summed E-state index contributed by atoms with van der Waals surface area (Å²) in [5.41, 5.74) is 7.96. The number of carbonyl (C=O) groups is 2. The molecule has 0 spiro atoms. The van der Waals surface area contributed by atoms with Crippen LogP contribution in [-0.2, 0) is 19.9 Å². The summed E-state index contributed by atoms with van der Waals surface area (Å²) < 4.78 is 19.9. The smallest absolute Gasteiger partial charge is 0.331 e. The number of benzene rings is 3. The van der Waals surface area contributed by atoms with E-state index in [-0.39, 0.29) is 18.1 Å². The SMILES string of the molecule is N[C@@](CC(=O)O)(C(=O)OCC1c2ccccc2-c2ccccc21)c1ccccc1F. The summed E-state index contributed by atoms with van der Waals surface area (Å²) in [6.45, 7) is -0.0279. The van der Waals surface area contributed by atoms with Crippen molar-refractivity contribution in [2.75, 3.05) is 6.61 Å². The van der Waals surface area contributed by atoms with E-state index in [4.69, 9.17) is 10.5 Å². The van der Waals surface area contributed by atoms with Crippen molar-refractivity contribution in [3.05, 3.63) is 95.3 Å². The fraction of sp³-hybridized carbons (Fsp3) is 0.167. The molecule has 0 unspecified atom stereocenters. The topological polar surface area (TPSA) is 89.6 Å². The third-order valence-corrected chi connectivity index (χ3v) is 5.49. The fourth-order valence-corrected chi connectivity index (χ4v) is 4.07. The Morgan fingerprint density at radius 1 is 0.933 bits per heavy atom. The summed E-state index contributed by atoms with van der Waals surface area (Å²) in [6, 6.07) is 21.0. The summed E-state index contributed by atoms with van der Waals surface area (Å²) >= 11 is 0. The largest absolute Gasteiger partial charge is 0.481 e. The van der Waals surface area contributed by atoms with Crippen molar-refractivity contribution in [2.24, 2.45) is 5.73 Å². The van der Waals surface area contributed by atoms with Gasteiger partial charge in [-0.15, -0.1) is 0 Å². The van der Waals surface area contributed by atoms with Crippen LogP contribution >= 0.6 is 0 Å². The van der Waals surface area contributed by atoms with Gasteiger partial charge >= 0.3 is 11.9 Å². The van der Waals surface area contributed by atoms with E-state index in [1.165, 1.54) is 18.2 Å². The third kappa shape index (κ3) is 3.35.